The largest absolute Gasteiger partial charge is 0.394 e. The van der Waals surface area contributed by atoms with Crippen molar-refractivity contribution in [2.24, 2.45) is 0 Å². The number of amides is 1. The van der Waals surface area contributed by atoms with Crippen molar-refractivity contribution in [3.05, 3.63) is 71.3 Å². The normalized spacial score (nSPS) is 15.6. The molecule has 0 spiro atoms. The van der Waals surface area contributed by atoms with Crippen LogP contribution >= 0.6 is 0 Å². The van der Waals surface area contributed by atoms with Gasteiger partial charge in [-0.05, 0) is 41.5 Å². The minimum Gasteiger partial charge on any atom is -0.394 e. The van der Waals surface area contributed by atoms with Crippen molar-refractivity contribution in [3.8, 4) is 0 Å². The summed E-state index contributed by atoms with van der Waals surface area (Å²) < 4.78 is 32.7. The maximum Gasteiger partial charge on any atom is 0.244 e. The van der Waals surface area contributed by atoms with Crippen LogP contribution in [0.25, 0.3) is 6.08 Å². The van der Waals surface area contributed by atoms with Gasteiger partial charge in [-0.1, -0.05) is 18.2 Å². The van der Waals surface area contributed by atoms with Crippen LogP contribution in [-0.2, 0) is 9.53 Å². The number of hydrogen-bond donors (Lipinski definition) is 2. The number of anilines is 1. The Bertz CT molecular complexity index is 851. The van der Waals surface area contributed by atoms with Gasteiger partial charge < -0.3 is 20.1 Å². The van der Waals surface area contributed by atoms with Gasteiger partial charge in [0.1, 0.15) is 11.6 Å². The van der Waals surface area contributed by atoms with E-state index in [4.69, 9.17) is 4.74 Å². The number of aliphatic hydroxyl groups is 1. The number of hydrogen-bond acceptors (Lipinski definition) is 4. The SMILES string of the molecule is O=C(/C=C\c1cccc(F)c1)N[C@@H](CO)c1ccc(F)c(N2CCOCC2)c1. The first-order valence-electron chi connectivity index (χ1n) is 9.04. The van der Waals surface area contributed by atoms with Crippen molar-refractivity contribution in [2.75, 3.05) is 37.8 Å². The molecule has 1 aliphatic heterocycles. The summed E-state index contributed by atoms with van der Waals surface area (Å²) in [5, 5.41) is 12.4. The minimum absolute atomic E-state index is 0.340. The third-order valence-electron chi connectivity index (χ3n) is 4.50. The molecular formula is C21H22F2N2O3. The molecule has 5 nitrogen and oxygen atoms in total. The van der Waals surface area contributed by atoms with Crippen LogP contribution in [0.4, 0.5) is 14.5 Å². The van der Waals surface area contributed by atoms with Crippen molar-refractivity contribution >= 4 is 17.7 Å². The number of morpholine rings is 1. The summed E-state index contributed by atoms with van der Waals surface area (Å²) in [6, 6.07) is 9.67. The van der Waals surface area contributed by atoms with Crippen LogP contribution < -0.4 is 10.2 Å². The fourth-order valence-electron chi connectivity index (χ4n) is 3.03. The van der Waals surface area contributed by atoms with E-state index in [9.17, 15) is 18.7 Å². The van der Waals surface area contributed by atoms with E-state index in [1.54, 1.807) is 18.2 Å². The first-order chi connectivity index (χ1) is 13.6. The van der Waals surface area contributed by atoms with Gasteiger partial charge in [0, 0.05) is 19.2 Å². The summed E-state index contributed by atoms with van der Waals surface area (Å²) in [6.07, 6.45) is 2.75. The smallest absolute Gasteiger partial charge is 0.244 e. The summed E-state index contributed by atoms with van der Waals surface area (Å²) in [7, 11) is 0. The molecule has 148 valence electrons. The lowest BCUT2D eigenvalue weighted by molar-refractivity contribution is -0.117. The van der Waals surface area contributed by atoms with Gasteiger partial charge >= 0.3 is 0 Å². The van der Waals surface area contributed by atoms with E-state index in [-0.39, 0.29) is 12.4 Å². The first-order valence-corrected chi connectivity index (χ1v) is 9.04. The average molecular weight is 388 g/mol. The molecule has 0 aliphatic carbocycles. The molecule has 0 saturated carbocycles. The third-order valence-corrected chi connectivity index (χ3v) is 4.50. The van der Waals surface area contributed by atoms with Gasteiger partial charge in [0.15, 0.2) is 0 Å². The van der Waals surface area contributed by atoms with E-state index in [1.165, 1.54) is 36.4 Å². The molecule has 1 amide bonds. The number of aliphatic hydroxyl groups excluding tert-OH is 1. The standard InChI is InChI=1S/C21H22F2N2O3/c22-17-3-1-2-15(12-17)4-7-21(27)24-19(14-26)16-5-6-18(23)20(13-16)25-8-10-28-11-9-25/h1-7,12-13,19,26H,8-11,14H2,(H,24,27)/b7-4-/t19-/m0/s1. The number of carbonyl (C=O) groups excluding carboxylic acids is 1. The second kappa shape index (κ2) is 9.43. The molecule has 1 fully saturated rings. The monoisotopic (exact) mass is 388 g/mol. The fourth-order valence-corrected chi connectivity index (χ4v) is 3.03. The highest BCUT2D eigenvalue weighted by atomic mass is 19.1. The molecule has 1 heterocycles. The van der Waals surface area contributed by atoms with Gasteiger partial charge in [-0.25, -0.2) is 8.78 Å². The van der Waals surface area contributed by atoms with Crippen LogP contribution in [-0.4, -0.2) is 43.9 Å². The van der Waals surface area contributed by atoms with Gasteiger partial charge in [0.2, 0.25) is 5.91 Å². The molecule has 28 heavy (non-hydrogen) atoms. The molecule has 7 heteroatoms. The zero-order valence-electron chi connectivity index (χ0n) is 15.3. The quantitative estimate of drug-likeness (QED) is 0.747. The molecule has 0 radical (unpaired) electrons. The lowest BCUT2D eigenvalue weighted by Crippen LogP contribution is -2.37. The van der Waals surface area contributed by atoms with Crippen molar-refractivity contribution in [2.45, 2.75) is 6.04 Å². The Balaban J connectivity index is 1.71. The van der Waals surface area contributed by atoms with E-state index in [2.05, 4.69) is 5.32 Å². The lowest BCUT2D eigenvalue weighted by Gasteiger charge is -2.30. The number of ether oxygens (including phenoxy) is 1. The Hall–Kier alpha value is -2.77. The topological polar surface area (TPSA) is 61.8 Å². The number of nitrogens with one attached hydrogen (secondary N) is 1. The number of halogens is 2. The summed E-state index contributed by atoms with van der Waals surface area (Å²) in [5.74, 6) is -1.20. The molecular weight excluding hydrogens is 366 g/mol. The highest BCUT2D eigenvalue weighted by Crippen LogP contribution is 2.25. The van der Waals surface area contributed by atoms with E-state index >= 15 is 0 Å². The predicted octanol–water partition coefficient (Wildman–Crippen LogP) is 2.66. The van der Waals surface area contributed by atoms with Gasteiger partial charge in [-0.15, -0.1) is 0 Å². The van der Waals surface area contributed by atoms with E-state index in [0.29, 0.717) is 43.1 Å². The van der Waals surface area contributed by atoms with E-state index in [0.717, 1.165) is 0 Å². The van der Waals surface area contributed by atoms with Crippen molar-refractivity contribution < 1.29 is 23.4 Å². The van der Waals surface area contributed by atoms with Gasteiger partial charge in [0.05, 0.1) is 31.5 Å². The van der Waals surface area contributed by atoms with Gasteiger partial charge in [-0.3, -0.25) is 4.79 Å². The van der Waals surface area contributed by atoms with Crippen LogP contribution in [0.1, 0.15) is 17.2 Å². The van der Waals surface area contributed by atoms with Crippen LogP contribution in [0.3, 0.4) is 0 Å². The Kier molecular flexibility index (Phi) is 6.73. The zero-order chi connectivity index (χ0) is 19.9. The maximum absolute atomic E-state index is 14.3. The summed E-state index contributed by atoms with van der Waals surface area (Å²) in [4.78, 5) is 14.1. The number of nitrogens with zero attached hydrogens (tertiary/aromatic N) is 1. The summed E-state index contributed by atoms with van der Waals surface area (Å²) >= 11 is 0. The lowest BCUT2D eigenvalue weighted by atomic mass is 10.1. The van der Waals surface area contributed by atoms with Gasteiger partial charge in [0.25, 0.3) is 0 Å². The Morgan fingerprint density at radius 2 is 2.00 bits per heavy atom. The van der Waals surface area contributed by atoms with Crippen molar-refractivity contribution in [1.82, 2.24) is 5.32 Å². The summed E-state index contributed by atoms with van der Waals surface area (Å²) in [5.41, 5.74) is 1.56. The van der Waals surface area contributed by atoms with Gasteiger partial charge in [-0.2, -0.15) is 0 Å². The molecule has 2 aromatic rings. The van der Waals surface area contributed by atoms with Crippen molar-refractivity contribution in [3.63, 3.8) is 0 Å². The second-order valence-electron chi connectivity index (χ2n) is 6.44. The Morgan fingerprint density at radius 1 is 1.21 bits per heavy atom. The molecule has 0 aromatic heterocycles. The summed E-state index contributed by atoms with van der Waals surface area (Å²) in [6.45, 7) is 1.86. The highest BCUT2D eigenvalue weighted by molar-refractivity contribution is 5.92. The number of benzene rings is 2. The molecule has 0 unspecified atom stereocenters. The predicted molar refractivity (Wildman–Crippen MR) is 103 cm³/mol. The molecule has 1 saturated heterocycles. The number of rotatable bonds is 6. The van der Waals surface area contributed by atoms with Crippen LogP contribution in [0.15, 0.2) is 48.5 Å². The Labute approximate surface area is 162 Å². The Morgan fingerprint density at radius 3 is 2.71 bits per heavy atom. The van der Waals surface area contributed by atoms with E-state index in [1.807, 2.05) is 4.90 Å². The van der Waals surface area contributed by atoms with E-state index < -0.39 is 17.8 Å². The van der Waals surface area contributed by atoms with Crippen LogP contribution in [0, 0.1) is 11.6 Å². The fraction of sp³-hybridized carbons (Fsp3) is 0.286. The molecule has 3 rings (SSSR count). The van der Waals surface area contributed by atoms with Crippen molar-refractivity contribution in [1.29, 1.82) is 0 Å². The molecule has 2 aromatic carbocycles. The molecule has 1 aliphatic rings. The zero-order valence-corrected chi connectivity index (χ0v) is 15.3. The molecule has 1 atom stereocenters. The molecule has 0 bridgehead atoms. The second-order valence-corrected chi connectivity index (χ2v) is 6.44. The van der Waals surface area contributed by atoms with Crippen LogP contribution in [0.5, 0.6) is 0 Å². The third kappa shape index (κ3) is 5.15. The first kappa shape index (κ1) is 20.0. The minimum atomic E-state index is -0.690. The highest BCUT2D eigenvalue weighted by Gasteiger charge is 2.19. The maximum atomic E-state index is 14.3. The number of carbonyl (C=O) groups is 1. The molecule has 2 N–H and O–H groups in total. The van der Waals surface area contributed by atoms with Crippen LogP contribution in [0.2, 0.25) is 0 Å². The average Bonchev–Trinajstić information content (AvgIpc) is 2.72.